The van der Waals surface area contributed by atoms with Crippen LogP contribution in [-0.4, -0.2) is 28.2 Å². The Morgan fingerprint density at radius 2 is 2.23 bits per heavy atom. The van der Waals surface area contributed by atoms with Gasteiger partial charge < -0.3 is 15.0 Å². The van der Waals surface area contributed by atoms with E-state index in [1.54, 1.807) is 17.7 Å². The summed E-state index contributed by atoms with van der Waals surface area (Å²) < 4.78 is 1.71. The molecule has 0 fully saturated rings. The van der Waals surface area contributed by atoms with Crippen molar-refractivity contribution in [2.45, 2.75) is 32.7 Å². The van der Waals surface area contributed by atoms with Crippen LogP contribution in [0.5, 0.6) is 0 Å². The van der Waals surface area contributed by atoms with Crippen molar-refractivity contribution in [2.75, 3.05) is 6.61 Å². The summed E-state index contributed by atoms with van der Waals surface area (Å²) in [4.78, 5) is 12.1. The lowest BCUT2D eigenvalue weighted by molar-refractivity contribution is -0.117. The molecule has 0 aliphatic rings. The van der Waals surface area contributed by atoms with Crippen LogP contribution >= 0.6 is 0 Å². The third kappa shape index (κ3) is 3.97. The van der Waals surface area contributed by atoms with Gasteiger partial charge in [0.1, 0.15) is 23.4 Å². The van der Waals surface area contributed by atoms with Gasteiger partial charge in [0.15, 0.2) is 0 Å². The van der Waals surface area contributed by atoms with Crippen LogP contribution in [0.4, 0.5) is 0 Å². The third-order valence-electron chi connectivity index (χ3n) is 3.66. The van der Waals surface area contributed by atoms with E-state index in [1.807, 2.05) is 19.9 Å². The molecule has 6 nitrogen and oxygen atoms in total. The van der Waals surface area contributed by atoms with Gasteiger partial charge in [-0.25, -0.2) is 0 Å². The molecule has 0 aliphatic carbocycles. The predicted molar refractivity (Wildman–Crippen MR) is 82.4 cm³/mol. The third-order valence-corrected chi connectivity index (χ3v) is 3.66. The number of amides is 1. The van der Waals surface area contributed by atoms with Crippen molar-refractivity contribution in [2.24, 2.45) is 7.05 Å². The van der Waals surface area contributed by atoms with Crippen LogP contribution in [0.25, 0.3) is 6.08 Å². The number of carbonyl (C=O) groups is 1. The van der Waals surface area contributed by atoms with Gasteiger partial charge in [0.05, 0.1) is 0 Å². The molecule has 6 heteroatoms. The molecular formula is C16H20N4O2. The summed E-state index contributed by atoms with van der Waals surface area (Å²) in [7, 11) is 1.76. The average molecular weight is 300 g/mol. The molecule has 0 saturated carbocycles. The Hall–Kier alpha value is -2.57. The molecule has 1 unspecified atom stereocenters. The number of hydrogen-bond acceptors (Lipinski definition) is 4. The molecule has 0 bridgehead atoms. The van der Waals surface area contributed by atoms with E-state index >= 15 is 0 Å². The number of nitriles is 2. The number of nitrogens with one attached hydrogen (secondary N) is 1. The van der Waals surface area contributed by atoms with E-state index in [0.29, 0.717) is 24.1 Å². The van der Waals surface area contributed by atoms with Crippen molar-refractivity contribution in [3.05, 3.63) is 28.6 Å². The fourth-order valence-electron chi connectivity index (χ4n) is 2.08. The molecule has 0 aromatic carbocycles. The molecule has 1 aromatic heterocycles. The van der Waals surface area contributed by atoms with Gasteiger partial charge in [0, 0.05) is 25.4 Å². The summed E-state index contributed by atoms with van der Waals surface area (Å²) in [6, 6.07) is 5.43. The summed E-state index contributed by atoms with van der Waals surface area (Å²) >= 11 is 0. The normalized spacial score (nSPS) is 12.4. The topological polar surface area (TPSA) is 102 Å². The molecule has 0 radical (unpaired) electrons. The molecule has 1 aromatic rings. The maximum absolute atomic E-state index is 12.1. The summed E-state index contributed by atoms with van der Waals surface area (Å²) in [5.41, 5.74) is 1.92. The highest BCUT2D eigenvalue weighted by atomic mass is 16.3. The molecule has 1 amide bonds. The van der Waals surface area contributed by atoms with Gasteiger partial charge in [0.25, 0.3) is 5.91 Å². The molecule has 1 rings (SSSR count). The largest absolute Gasteiger partial charge is 0.396 e. The molecule has 116 valence electrons. The molecule has 0 aliphatic heterocycles. The number of aliphatic hydroxyl groups excluding tert-OH is 1. The number of nitrogens with zero attached hydrogens (tertiary/aromatic N) is 3. The van der Waals surface area contributed by atoms with Gasteiger partial charge >= 0.3 is 0 Å². The number of hydrogen-bond donors (Lipinski definition) is 2. The van der Waals surface area contributed by atoms with Crippen LogP contribution < -0.4 is 5.32 Å². The highest BCUT2D eigenvalue weighted by Crippen LogP contribution is 2.17. The lowest BCUT2D eigenvalue weighted by Gasteiger charge is -2.15. The highest BCUT2D eigenvalue weighted by molar-refractivity contribution is 6.02. The first-order chi connectivity index (χ1) is 10.5. The average Bonchev–Trinajstić information content (AvgIpc) is 2.79. The van der Waals surface area contributed by atoms with Crippen molar-refractivity contribution in [3.63, 3.8) is 0 Å². The Bertz CT molecular complexity index is 659. The van der Waals surface area contributed by atoms with Crippen LogP contribution in [0.15, 0.2) is 11.6 Å². The van der Waals surface area contributed by atoms with Crippen molar-refractivity contribution in [3.8, 4) is 12.1 Å². The minimum absolute atomic E-state index is 0.0189. The monoisotopic (exact) mass is 300 g/mol. The zero-order chi connectivity index (χ0) is 16.7. The molecule has 22 heavy (non-hydrogen) atoms. The molecule has 1 atom stereocenters. The van der Waals surface area contributed by atoms with Crippen LogP contribution in [-0.2, 0) is 11.8 Å². The SMILES string of the molecule is CCC(CCO)NC(=O)/C(C#N)=C/c1cc(C#N)n(C)c1C. The Kier molecular flexibility index (Phi) is 6.37. The van der Waals surface area contributed by atoms with Gasteiger partial charge in [-0.05, 0) is 37.5 Å². The quantitative estimate of drug-likeness (QED) is 0.612. The number of aliphatic hydroxyl groups is 1. The first kappa shape index (κ1) is 17.5. The van der Waals surface area contributed by atoms with Crippen molar-refractivity contribution in [1.29, 1.82) is 10.5 Å². The maximum Gasteiger partial charge on any atom is 0.262 e. The minimum atomic E-state index is -0.468. The Labute approximate surface area is 130 Å². The number of carbonyl (C=O) groups excluding carboxylic acids is 1. The molecule has 0 spiro atoms. The van der Waals surface area contributed by atoms with Gasteiger partial charge in [-0.2, -0.15) is 10.5 Å². The number of aromatic nitrogens is 1. The van der Waals surface area contributed by atoms with Crippen molar-refractivity contribution >= 4 is 12.0 Å². The van der Waals surface area contributed by atoms with Gasteiger partial charge in [-0.1, -0.05) is 6.92 Å². The fraction of sp³-hybridized carbons (Fsp3) is 0.438. The lowest BCUT2D eigenvalue weighted by atomic mass is 10.1. The maximum atomic E-state index is 12.1. The van der Waals surface area contributed by atoms with E-state index in [9.17, 15) is 10.1 Å². The Morgan fingerprint density at radius 3 is 2.68 bits per heavy atom. The minimum Gasteiger partial charge on any atom is -0.396 e. The fourth-order valence-corrected chi connectivity index (χ4v) is 2.08. The Balaban J connectivity index is 3.04. The second-order valence-corrected chi connectivity index (χ2v) is 5.00. The van der Waals surface area contributed by atoms with E-state index in [4.69, 9.17) is 10.4 Å². The van der Waals surface area contributed by atoms with Gasteiger partial charge in [-0.3, -0.25) is 4.79 Å². The molecule has 1 heterocycles. The van der Waals surface area contributed by atoms with Crippen LogP contribution in [0.3, 0.4) is 0 Å². The zero-order valence-electron chi connectivity index (χ0n) is 13.1. The second kappa shape index (κ2) is 8.02. The van der Waals surface area contributed by atoms with E-state index in [-0.39, 0.29) is 18.2 Å². The summed E-state index contributed by atoms with van der Waals surface area (Å²) in [6.07, 6.45) is 2.61. The molecular weight excluding hydrogens is 280 g/mol. The summed E-state index contributed by atoms with van der Waals surface area (Å²) in [6.45, 7) is 3.70. The van der Waals surface area contributed by atoms with E-state index in [2.05, 4.69) is 11.4 Å². The first-order valence-electron chi connectivity index (χ1n) is 7.08. The van der Waals surface area contributed by atoms with E-state index < -0.39 is 5.91 Å². The van der Waals surface area contributed by atoms with Crippen molar-refractivity contribution < 1.29 is 9.90 Å². The van der Waals surface area contributed by atoms with Gasteiger partial charge in [0.2, 0.25) is 0 Å². The summed E-state index contributed by atoms with van der Waals surface area (Å²) in [5.74, 6) is -0.468. The predicted octanol–water partition coefficient (Wildman–Crippen LogP) is 1.39. The van der Waals surface area contributed by atoms with E-state index in [1.165, 1.54) is 6.08 Å². The van der Waals surface area contributed by atoms with Gasteiger partial charge in [-0.15, -0.1) is 0 Å². The molecule has 2 N–H and O–H groups in total. The second-order valence-electron chi connectivity index (χ2n) is 5.00. The van der Waals surface area contributed by atoms with Crippen LogP contribution in [0.1, 0.15) is 36.7 Å². The van der Waals surface area contributed by atoms with E-state index in [0.717, 1.165) is 5.69 Å². The Morgan fingerprint density at radius 1 is 1.55 bits per heavy atom. The smallest absolute Gasteiger partial charge is 0.262 e. The first-order valence-corrected chi connectivity index (χ1v) is 7.08. The van der Waals surface area contributed by atoms with Crippen LogP contribution in [0.2, 0.25) is 0 Å². The standard InChI is InChI=1S/C16H20N4O2/c1-4-14(5-6-21)19-16(22)13(9-17)7-12-8-15(10-18)20(3)11(12)2/h7-8,14,21H,4-6H2,1-3H3,(H,19,22)/b13-7+. The lowest BCUT2D eigenvalue weighted by Crippen LogP contribution is -2.35. The summed E-state index contributed by atoms with van der Waals surface area (Å²) in [5, 5.41) is 29.9. The highest BCUT2D eigenvalue weighted by Gasteiger charge is 2.15. The molecule has 0 saturated heterocycles. The van der Waals surface area contributed by atoms with Crippen LogP contribution in [0, 0.1) is 29.6 Å². The number of rotatable bonds is 6. The zero-order valence-corrected chi connectivity index (χ0v) is 13.1. The van der Waals surface area contributed by atoms with Crippen molar-refractivity contribution in [1.82, 2.24) is 9.88 Å².